The maximum absolute atomic E-state index is 4.53. The van der Waals surface area contributed by atoms with E-state index in [1.165, 1.54) is 16.8 Å². The number of aryl methyl sites for hydroxylation is 3. The van der Waals surface area contributed by atoms with Crippen LogP contribution in [0.1, 0.15) is 35.5 Å². The molecule has 1 N–H and O–H groups in total. The smallest absolute Gasteiger partial charge is 0.0748 e. The van der Waals surface area contributed by atoms with Gasteiger partial charge in [0.1, 0.15) is 0 Å². The van der Waals surface area contributed by atoms with E-state index in [1.807, 2.05) is 18.8 Å². The Hall–Kier alpha value is -1.61. The summed E-state index contributed by atoms with van der Waals surface area (Å²) >= 11 is 0. The second kappa shape index (κ2) is 5.36. The molecule has 3 nitrogen and oxygen atoms in total. The number of hydrogen-bond donors (Lipinski definition) is 1. The van der Waals surface area contributed by atoms with Crippen molar-refractivity contribution in [3.8, 4) is 0 Å². The zero-order chi connectivity index (χ0) is 13.1. The van der Waals surface area contributed by atoms with Gasteiger partial charge in [0.05, 0.1) is 17.4 Å². The van der Waals surface area contributed by atoms with E-state index in [0.29, 0.717) is 0 Å². The summed E-state index contributed by atoms with van der Waals surface area (Å²) in [5, 5.41) is 7.92. The topological polar surface area (TPSA) is 29.9 Å². The Bertz CT molecular complexity index is 528. The molecular weight excluding hydrogens is 222 g/mol. The third-order valence-corrected chi connectivity index (χ3v) is 3.41. The SMILES string of the molecule is CCc1cc(C(NC)c2ccccc2C)n(C)n1. The van der Waals surface area contributed by atoms with Gasteiger partial charge in [0.25, 0.3) is 0 Å². The highest BCUT2D eigenvalue weighted by Gasteiger charge is 2.18. The molecule has 18 heavy (non-hydrogen) atoms. The van der Waals surface area contributed by atoms with E-state index in [2.05, 4.69) is 54.6 Å². The van der Waals surface area contributed by atoms with E-state index in [9.17, 15) is 0 Å². The molecule has 1 unspecified atom stereocenters. The number of nitrogens with zero attached hydrogens (tertiary/aromatic N) is 2. The molecule has 0 aliphatic carbocycles. The van der Waals surface area contributed by atoms with Gasteiger partial charge in [-0.3, -0.25) is 4.68 Å². The molecule has 0 fully saturated rings. The minimum absolute atomic E-state index is 0.198. The molecule has 0 aliphatic heterocycles. The van der Waals surface area contributed by atoms with Gasteiger partial charge in [-0.1, -0.05) is 31.2 Å². The highest BCUT2D eigenvalue weighted by atomic mass is 15.3. The number of aromatic nitrogens is 2. The van der Waals surface area contributed by atoms with Crippen LogP contribution < -0.4 is 5.32 Å². The van der Waals surface area contributed by atoms with Crippen LogP contribution in [-0.4, -0.2) is 16.8 Å². The van der Waals surface area contributed by atoms with Crippen molar-refractivity contribution >= 4 is 0 Å². The van der Waals surface area contributed by atoms with Gasteiger partial charge in [-0.15, -0.1) is 0 Å². The van der Waals surface area contributed by atoms with Crippen LogP contribution in [0.2, 0.25) is 0 Å². The highest BCUT2D eigenvalue weighted by molar-refractivity contribution is 5.35. The standard InChI is InChI=1S/C15H21N3/c1-5-12-10-14(18(4)17-12)15(16-3)13-9-7-6-8-11(13)2/h6-10,15-16H,5H2,1-4H3. The molecule has 0 bridgehead atoms. The van der Waals surface area contributed by atoms with E-state index >= 15 is 0 Å². The highest BCUT2D eigenvalue weighted by Crippen LogP contribution is 2.24. The third-order valence-electron chi connectivity index (χ3n) is 3.41. The number of hydrogen-bond acceptors (Lipinski definition) is 2. The molecule has 0 amide bonds. The second-order valence-electron chi connectivity index (χ2n) is 4.62. The average Bonchev–Trinajstić information content (AvgIpc) is 2.74. The van der Waals surface area contributed by atoms with Crippen LogP contribution in [0.5, 0.6) is 0 Å². The van der Waals surface area contributed by atoms with Crippen molar-refractivity contribution in [3.63, 3.8) is 0 Å². The zero-order valence-electron chi connectivity index (χ0n) is 11.6. The van der Waals surface area contributed by atoms with Crippen molar-refractivity contribution in [2.45, 2.75) is 26.3 Å². The quantitative estimate of drug-likeness (QED) is 0.894. The summed E-state index contributed by atoms with van der Waals surface area (Å²) < 4.78 is 1.98. The van der Waals surface area contributed by atoms with E-state index in [1.54, 1.807) is 0 Å². The Morgan fingerprint density at radius 3 is 2.61 bits per heavy atom. The Labute approximate surface area is 109 Å². The fraction of sp³-hybridized carbons (Fsp3) is 0.400. The van der Waals surface area contributed by atoms with E-state index in [0.717, 1.165) is 12.1 Å². The van der Waals surface area contributed by atoms with Crippen molar-refractivity contribution in [2.24, 2.45) is 7.05 Å². The molecule has 0 saturated carbocycles. The van der Waals surface area contributed by atoms with Gasteiger partial charge in [-0.2, -0.15) is 5.10 Å². The first-order valence-electron chi connectivity index (χ1n) is 6.43. The maximum atomic E-state index is 4.53. The molecule has 1 atom stereocenters. The Kier molecular flexibility index (Phi) is 3.82. The van der Waals surface area contributed by atoms with E-state index in [4.69, 9.17) is 0 Å². The van der Waals surface area contributed by atoms with Gasteiger partial charge in [-0.25, -0.2) is 0 Å². The van der Waals surface area contributed by atoms with Gasteiger partial charge in [0.15, 0.2) is 0 Å². The lowest BCUT2D eigenvalue weighted by Gasteiger charge is -2.19. The lowest BCUT2D eigenvalue weighted by atomic mass is 9.98. The van der Waals surface area contributed by atoms with Crippen LogP contribution in [0, 0.1) is 6.92 Å². The van der Waals surface area contributed by atoms with Crippen LogP contribution in [0.15, 0.2) is 30.3 Å². The van der Waals surface area contributed by atoms with Gasteiger partial charge in [-0.05, 0) is 37.6 Å². The molecule has 2 aromatic rings. The van der Waals surface area contributed by atoms with Crippen molar-refractivity contribution in [1.82, 2.24) is 15.1 Å². The molecule has 0 radical (unpaired) electrons. The molecule has 1 aromatic carbocycles. The fourth-order valence-electron chi connectivity index (χ4n) is 2.36. The molecule has 1 aromatic heterocycles. The normalized spacial score (nSPS) is 12.7. The van der Waals surface area contributed by atoms with Crippen LogP contribution in [-0.2, 0) is 13.5 Å². The Morgan fingerprint density at radius 2 is 2.06 bits per heavy atom. The predicted octanol–water partition coefficient (Wildman–Crippen LogP) is 2.60. The average molecular weight is 243 g/mol. The van der Waals surface area contributed by atoms with Crippen LogP contribution in [0.3, 0.4) is 0 Å². The molecule has 96 valence electrons. The number of rotatable bonds is 4. The summed E-state index contributed by atoms with van der Waals surface area (Å²) in [7, 11) is 4.01. The first-order chi connectivity index (χ1) is 8.67. The zero-order valence-corrected chi connectivity index (χ0v) is 11.6. The second-order valence-corrected chi connectivity index (χ2v) is 4.62. The van der Waals surface area contributed by atoms with Crippen LogP contribution >= 0.6 is 0 Å². The first-order valence-corrected chi connectivity index (χ1v) is 6.43. The summed E-state index contributed by atoms with van der Waals surface area (Å²) in [6.45, 7) is 4.28. The largest absolute Gasteiger partial charge is 0.308 e. The van der Waals surface area contributed by atoms with Crippen molar-refractivity contribution < 1.29 is 0 Å². The lowest BCUT2D eigenvalue weighted by Crippen LogP contribution is -2.21. The molecule has 1 heterocycles. The van der Waals surface area contributed by atoms with E-state index < -0.39 is 0 Å². The number of benzene rings is 1. The summed E-state index contributed by atoms with van der Waals surface area (Å²) in [4.78, 5) is 0. The van der Waals surface area contributed by atoms with Gasteiger partial charge >= 0.3 is 0 Å². The molecule has 0 aliphatic rings. The Balaban J connectivity index is 2.45. The summed E-state index contributed by atoms with van der Waals surface area (Å²) in [5.74, 6) is 0. The fourth-order valence-corrected chi connectivity index (χ4v) is 2.36. The minimum atomic E-state index is 0.198. The minimum Gasteiger partial charge on any atom is -0.308 e. The van der Waals surface area contributed by atoms with Gasteiger partial charge < -0.3 is 5.32 Å². The Morgan fingerprint density at radius 1 is 1.33 bits per heavy atom. The van der Waals surface area contributed by atoms with Crippen molar-refractivity contribution in [2.75, 3.05) is 7.05 Å². The van der Waals surface area contributed by atoms with Gasteiger partial charge in [0.2, 0.25) is 0 Å². The van der Waals surface area contributed by atoms with Gasteiger partial charge in [0, 0.05) is 7.05 Å². The summed E-state index contributed by atoms with van der Waals surface area (Å²) in [6, 6.07) is 10.9. The van der Waals surface area contributed by atoms with E-state index in [-0.39, 0.29) is 6.04 Å². The monoisotopic (exact) mass is 243 g/mol. The summed E-state index contributed by atoms with van der Waals surface area (Å²) in [5.41, 5.74) is 4.96. The predicted molar refractivity (Wildman–Crippen MR) is 74.7 cm³/mol. The maximum Gasteiger partial charge on any atom is 0.0748 e. The molecule has 3 heteroatoms. The molecular formula is C15H21N3. The van der Waals surface area contributed by atoms with Crippen molar-refractivity contribution in [1.29, 1.82) is 0 Å². The summed E-state index contributed by atoms with van der Waals surface area (Å²) in [6.07, 6.45) is 0.970. The van der Waals surface area contributed by atoms with Crippen LogP contribution in [0.4, 0.5) is 0 Å². The molecule has 0 saturated heterocycles. The van der Waals surface area contributed by atoms with Crippen LogP contribution in [0.25, 0.3) is 0 Å². The number of nitrogens with one attached hydrogen (secondary N) is 1. The first kappa shape index (κ1) is 12.8. The van der Waals surface area contributed by atoms with Crippen molar-refractivity contribution in [3.05, 3.63) is 52.8 Å². The molecule has 0 spiro atoms. The lowest BCUT2D eigenvalue weighted by molar-refractivity contribution is 0.601. The third kappa shape index (κ3) is 2.31. The molecule has 2 rings (SSSR count).